The molecule has 7 nitrogen and oxygen atoms in total. The SMILES string of the molecule is CCOC(=O)C(C)(C)Oc1cc(C=Cc2ccc(OC)cc2)cc(OC(C)(C)C(=O)OCC)c1. The molecule has 7 heteroatoms. The van der Waals surface area contributed by atoms with Crippen LogP contribution in [0.1, 0.15) is 52.7 Å². The Morgan fingerprint density at radius 3 is 1.56 bits per heavy atom. The Balaban J connectivity index is 2.40. The van der Waals surface area contributed by atoms with Crippen molar-refractivity contribution >= 4 is 24.1 Å². The Labute approximate surface area is 201 Å². The summed E-state index contributed by atoms with van der Waals surface area (Å²) in [6.07, 6.45) is 3.81. The standard InChI is InChI=1S/C27H34O7/c1-8-31-24(28)26(3,4)33-22-16-20(11-10-19-12-14-21(30-7)15-13-19)17-23(18-22)34-27(5,6)25(29)32-9-2/h10-18H,8-9H2,1-7H3. The van der Waals surface area contributed by atoms with Gasteiger partial charge in [-0.3, -0.25) is 0 Å². The number of rotatable bonds is 11. The van der Waals surface area contributed by atoms with Crippen LogP contribution in [-0.2, 0) is 19.1 Å². The molecule has 0 heterocycles. The normalized spacial score (nSPS) is 11.7. The Bertz CT molecular complexity index is 954. The summed E-state index contributed by atoms with van der Waals surface area (Å²) >= 11 is 0. The van der Waals surface area contributed by atoms with Crippen LogP contribution in [0.3, 0.4) is 0 Å². The summed E-state index contributed by atoms with van der Waals surface area (Å²) in [5.74, 6) is 0.590. The third-order valence-corrected chi connectivity index (χ3v) is 4.77. The number of carbonyl (C=O) groups is 2. The molecule has 0 saturated heterocycles. The Kier molecular flexibility index (Phi) is 9.12. The molecule has 0 unspecified atom stereocenters. The van der Waals surface area contributed by atoms with E-state index in [1.165, 1.54) is 0 Å². The lowest BCUT2D eigenvalue weighted by atomic mass is 10.1. The maximum atomic E-state index is 12.3. The summed E-state index contributed by atoms with van der Waals surface area (Å²) in [5, 5.41) is 0. The fourth-order valence-corrected chi connectivity index (χ4v) is 3.00. The maximum Gasteiger partial charge on any atom is 0.349 e. The molecular weight excluding hydrogens is 436 g/mol. The second-order valence-corrected chi connectivity index (χ2v) is 8.51. The first-order chi connectivity index (χ1) is 16.0. The van der Waals surface area contributed by atoms with Crippen molar-refractivity contribution in [3.05, 3.63) is 53.6 Å². The monoisotopic (exact) mass is 470 g/mol. The van der Waals surface area contributed by atoms with Crippen molar-refractivity contribution in [2.75, 3.05) is 20.3 Å². The van der Waals surface area contributed by atoms with Crippen molar-refractivity contribution in [3.8, 4) is 17.2 Å². The molecule has 0 spiro atoms. The second kappa shape index (κ2) is 11.6. The van der Waals surface area contributed by atoms with E-state index in [-0.39, 0.29) is 13.2 Å². The largest absolute Gasteiger partial charge is 0.497 e. The fourth-order valence-electron chi connectivity index (χ4n) is 3.00. The number of carbonyl (C=O) groups excluding carboxylic acids is 2. The first kappa shape index (κ1) is 26.8. The number of hydrogen-bond acceptors (Lipinski definition) is 7. The van der Waals surface area contributed by atoms with Gasteiger partial charge in [-0.15, -0.1) is 0 Å². The van der Waals surface area contributed by atoms with Crippen molar-refractivity contribution in [1.29, 1.82) is 0 Å². The highest BCUT2D eigenvalue weighted by Crippen LogP contribution is 2.30. The van der Waals surface area contributed by atoms with Gasteiger partial charge in [0.15, 0.2) is 11.2 Å². The summed E-state index contributed by atoms with van der Waals surface area (Å²) in [4.78, 5) is 24.7. The van der Waals surface area contributed by atoms with Crippen LogP contribution in [-0.4, -0.2) is 43.5 Å². The third kappa shape index (κ3) is 7.54. The van der Waals surface area contributed by atoms with Crippen LogP contribution in [0.2, 0.25) is 0 Å². The summed E-state index contributed by atoms with van der Waals surface area (Å²) in [6, 6.07) is 12.8. The molecule has 0 atom stereocenters. The Morgan fingerprint density at radius 1 is 0.706 bits per heavy atom. The lowest BCUT2D eigenvalue weighted by Gasteiger charge is -2.27. The molecule has 0 aliphatic rings. The van der Waals surface area contributed by atoms with E-state index >= 15 is 0 Å². The van der Waals surface area contributed by atoms with Crippen molar-refractivity contribution < 1.29 is 33.3 Å². The van der Waals surface area contributed by atoms with Gasteiger partial charge in [0, 0.05) is 6.07 Å². The molecule has 0 bridgehead atoms. The van der Waals surface area contributed by atoms with Crippen LogP contribution in [0.25, 0.3) is 12.2 Å². The Morgan fingerprint density at radius 2 is 1.15 bits per heavy atom. The number of benzene rings is 2. The van der Waals surface area contributed by atoms with E-state index in [1.807, 2.05) is 36.4 Å². The van der Waals surface area contributed by atoms with Gasteiger partial charge in [-0.25, -0.2) is 9.59 Å². The van der Waals surface area contributed by atoms with Gasteiger partial charge in [-0.05, 0) is 76.9 Å². The number of methoxy groups -OCH3 is 1. The number of esters is 2. The van der Waals surface area contributed by atoms with Gasteiger partial charge >= 0.3 is 11.9 Å². The van der Waals surface area contributed by atoms with Gasteiger partial charge in [0.1, 0.15) is 17.2 Å². The van der Waals surface area contributed by atoms with Gasteiger partial charge in [-0.2, -0.15) is 0 Å². The highest BCUT2D eigenvalue weighted by atomic mass is 16.6. The summed E-state index contributed by atoms with van der Waals surface area (Å²) in [6.45, 7) is 10.5. The third-order valence-electron chi connectivity index (χ3n) is 4.77. The van der Waals surface area contributed by atoms with E-state index in [0.717, 1.165) is 16.9 Å². The molecule has 0 amide bonds. The average molecular weight is 471 g/mol. The number of hydrogen-bond donors (Lipinski definition) is 0. The van der Waals surface area contributed by atoms with E-state index in [4.69, 9.17) is 23.7 Å². The van der Waals surface area contributed by atoms with Crippen molar-refractivity contribution in [1.82, 2.24) is 0 Å². The van der Waals surface area contributed by atoms with Gasteiger partial charge in [0.25, 0.3) is 0 Å². The molecule has 2 rings (SSSR count). The van der Waals surface area contributed by atoms with E-state index in [1.54, 1.807) is 66.9 Å². The summed E-state index contributed by atoms with van der Waals surface area (Å²) in [5.41, 5.74) is -0.722. The molecule has 34 heavy (non-hydrogen) atoms. The molecule has 0 N–H and O–H groups in total. The summed E-state index contributed by atoms with van der Waals surface area (Å²) < 4.78 is 27.4. The first-order valence-corrected chi connectivity index (χ1v) is 11.2. The molecular formula is C27H34O7. The predicted molar refractivity (Wildman–Crippen MR) is 131 cm³/mol. The molecule has 184 valence electrons. The summed E-state index contributed by atoms with van der Waals surface area (Å²) in [7, 11) is 1.62. The van der Waals surface area contributed by atoms with E-state index in [0.29, 0.717) is 11.5 Å². The minimum Gasteiger partial charge on any atom is -0.497 e. The molecule has 0 radical (unpaired) electrons. The first-order valence-electron chi connectivity index (χ1n) is 11.2. The molecule has 0 aromatic heterocycles. The fraction of sp³-hybridized carbons (Fsp3) is 0.407. The van der Waals surface area contributed by atoms with Crippen molar-refractivity contribution in [2.45, 2.75) is 52.7 Å². The van der Waals surface area contributed by atoms with Crippen LogP contribution in [0.15, 0.2) is 42.5 Å². The lowest BCUT2D eigenvalue weighted by molar-refractivity contribution is -0.158. The zero-order chi connectivity index (χ0) is 25.4. The van der Waals surface area contributed by atoms with Gasteiger partial charge in [-0.1, -0.05) is 24.3 Å². The van der Waals surface area contributed by atoms with E-state index in [2.05, 4.69) is 0 Å². The van der Waals surface area contributed by atoms with Crippen molar-refractivity contribution in [3.63, 3.8) is 0 Å². The lowest BCUT2D eigenvalue weighted by Crippen LogP contribution is -2.40. The topological polar surface area (TPSA) is 80.3 Å². The minimum absolute atomic E-state index is 0.248. The molecule has 0 saturated carbocycles. The van der Waals surface area contributed by atoms with Crippen LogP contribution in [0.4, 0.5) is 0 Å². The Hall–Kier alpha value is -3.48. The molecule has 0 aliphatic carbocycles. The van der Waals surface area contributed by atoms with E-state index in [9.17, 15) is 9.59 Å². The van der Waals surface area contributed by atoms with Crippen LogP contribution >= 0.6 is 0 Å². The molecule has 2 aromatic rings. The highest BCUT2D eigenvalue weighted by Gasteiger charge is 2.33. The molecule has 0 aliphatic heterocycles. The smallest absolute Gasteiger partial charge is 0.349 e. The van der Waals surface area contributed by atoms with Crippen LogP contribution in [0.5, 0.6) is 17.2 Å². The predicted octanol–water partition coefficient (Wildman–Crippen LogP) is 5.31. The zero-order valence-corrected chi connectivity index (χ0v) is 21.0. The van der Waals surface area contributed by atoms with Gasteiger partial charge in [0.2, 0.25) is 0 Å². The quantitative estimate of drug-likeness (QED) is 0.325. The number of ether oxygens (including phenoxy) is 5. The second-order valence-electron chi connectivity index (χ2n) is 8.51. The maximum absolute atomic E-state index is 12.3. The molecule has 2 aromatic carbocycles. The van der Waals surface area contributed by atoms with Gasteiger partial charge < -0.3 is 23.7 Å². The zero-order valence-electron chi connectivity index (χ0n) is 21.0. The van der Waals surface area contributed by atoms with Crippen molar-refractivity contribution in [2.24, 2.45) is 0 Å². The van der Waals surface area contributed by atoms with Gasteiger partial charge in [0.05, 0.1) is 20.3 Å². The minimum atomic E-state index is -1.22. The highest BCUT2D eigenvalue weighted by molar-refractivity contribution is 5.80. The van der Waals surface area contributed by atoms with E-state index < -0.39 is 23.1 Å². The van der Waals surface area contributed by atoms with Crippen LogP contribution < -0.4 is 14.2 Å². The van der Waals surface area contributed by atoms with Crippen LogP contribution in [0, 0.1) is 0 Å². The molecule has 0 fully saturated rings. The average Bonchev–Trinajstić information content (AvgIpc) is 2.77.